The molecule has 0 bridgehead atoms. The van der Waals surface area contributed by atoms with Gasteiger partial charge in [-0.15, -0.1) is 0 Å². The molecule has 0 heterocycles. The summed E-state index contributed by atoms with van der Waals surface area (Å²) in [5.74, 6) is 1.72. The minimum absolute atomic E-state index is 0.00582. The molecule has 0 atom stereocenters. The average Bonchev–Trinajstić information content (AvgIpc) is 2.50. The van der Waals surface area contributed by atoms with E-state index >= 15 is 0 Å². The van der Waals surface area contributed by atoms with Crippen molar-refractivity contribution < 1.29 is 9.47 Å². The van der Waals surface area contributed by atoms with E-state index in [2.05, 4.69) is 43.3 Å². The number of aliphatic imine (C=N–C) groups is 1. The number of hydrogen-bond donors (Lipinski definition) is 2. The van der Waals surface area contributed by atoms with E-state index in [4.69, 9.17) is 9.47 Å². The van der Waals surface area contributed by atoms with Crippen molar-refractivity contribution in [2.45, 2.75) is 46.3 Å². The van der Waals surface area contributed by atoms with Crippen molar-refractivity contribution in [3.05, 3.63) is 29.8 Å². The van der Waals surface area contributed by atoms with Gasteiger partial charge in [-0.1, -0.05) is 12.1 Å². The van der Waals surface area contributed by atoms with Crippen molar-refractivity contribution in [3.8, 4) is 5.75 Å². The SMILES string of the molecule is CCNC(=NCCCOCc1ccc(OC)cc1)NC(C)(C)C. The summed E-state index contributed by atoms with van der Waals surface area (Å²) in [5, 5.41) is 6.62. The minimum Gasteiger partial charge on any atom is -0.497 e. The highest BCUT2D eigenvalue weighted by atomic mass is 16.5. The standard InChI is InChI=1S/C18H31N3O2/c1-6-19-17(21-18(2,3)4)20-12-7-13-23-14-15-8-10-16(22-5)11-9-15/h8-11H,6-7,12-14H2,1-5H3,(H2,19,20,21). The van der Waals surface area contributed by atoms with Gasteiger partial charge in [-0.2, -0.15) is 0 Å². The number of methoxy groups -OCH3 is 1. The van der Waals surface area contributed by atoms with Crippen molar-refractivity contribution in [1.82, 2.24) is 10.6 Å². The van der Waals surface area contributed by atoms with Crippen LogP contribution in [0.1, 0.15) is 39.7 Å². The lowest BCUT2D eigenvalue weighted by Crippen LogP contribution is -2.47. The molecule has 5 nitrogen and oxygen atoms in total. The molecule has 0 unspecified atom stereocenters. The summed E-state index contributed by atoms with van der Waals surface area (Å²) in [6.45, 7) is 11.4. The molecule has 0 aliphatic carbocycles. The molecular weight excluding hydrogens is 290 g/mol. The summed E-state index contributed by atoms with van der Waals surface area (Å²) < 4.78 is 10.8. The lowest BCUT2D eigenvalue weighted by molar-refractivity contribution is 0.120. The van der Waals surface area contributed by atoms with E-state index in [9.17, 15) is 0 Å². The van der Waals surface area contributed by atoms with Gasteiger partial charge in [0.25, 0.3) is 0 Å². The zero-order valence-corrected chi connectivity index (χ0v) is 15.1. The second-order valence-electron chi connectivity index (χ2n) is 6.39. The van der Waals surface area contributed by atoms with E-state index in [0.29, 0.717) is 13.2 Å². The second kappa shape index (κ2) is 10.1. The van der Waals surface area contributed by atoms with Crippen LogP contribution in [0.15, 0.2) is 29.3 Å². The van der Waals surface area contributed by atoms with E-state index in [1.54, 1.807) is 7.11 Å². The van der Waals surface area contributed by atoms with Gasteiger partial charge in [0.1, 0.15) is 5.75 Å². The van der Waals surface area contributed by atoms with Crippen molar-refractivity contribution in [3.63, 3.8) is 0 Å². The molecule has 23 heavy (non-hydrogen) atoms. The Morgan fingerprint density at radius 1 is 1.17 bits per heavy atom. The molecule has 0 saturated carbocycles. The van der Waals surface area contributed by atoms with Crippen LogP contribution in [0.2, 0.25) is 0 Å². The molecule has 0 aromatic heterocycles. The Morgan fingerprint density at radius 2 is 1.87 bits per heavy atom. The van der Waals surface area contributed by atoms with Crippen LogP contribution in [0.4, 0.5) is 0 Å². The maximum Gasteiger partial charge on any atom is 0.191 e. The first-order valence-corrected chi connectivity index (χ1v) is 8.22. The van der Waals surface area contributed by atoms with Gasteiger partial charge in [0.2, 0.25) is 0 Å². The fourth-order valence-corrected chi connectivity index (χ4v) is 1.93. The summed E-state index contributed by atoms with van der Waals surface area (Å²) in [6.07, 6.45) is 0.900. The predicted octanol–water partition coefficient (Wildman–Crippen LogP) is 2.96. The minimum atomic E-state index is 0.00582. The fourth-order valence-electron chi connectivity index (χ4n) is 1.93. The van der Waals surface area contributed by atoms with Crippen molar-refractivity contribution in [2.24, 2.45) is 4.99 Å². The first-order chi connectivity index (χ1) is 10.9. The third-order valence-corrected chi connectivity index (χ3v) is 2.98. The fraction of sp³-hybridized carbons (Fsp3) is 0.611. The second-order valence-corrected chi connectivity index (χ2v) is 6.39. The largest absolute Gasteiger partial charge is 0.497 e. The molecular formula is C18H31N3O2. The molecule has 1 aromatic carbocycles. The molecule has 0 amide bonds. The highest BCUT2D eigenvalue weighted by Gasteiger charge is 2.11. The van der Waals surface area contributed by atoms with Gasteiger partial charge in [-0.25, -0.2) is 0 Å². The van der Waals surface area contributed by atoms with E-state index in [-0.39, 0.29) is 5.54 Å². The Labute approximate surface area is 140 Å². The van der Waals surface area contributed by atoms with E-state index < -0.39 is 0 Å². The Bertz CT molecular complexity index is 464. The van der Waals surface area contributed by atoms with Crippen LogP contribution >= 0.6 is 0 Å². The van der Waals surface area contributed by atoms with E-state index in [1.165, 1.54) is 0 Å². The molecule has 130 valence electrons. The predicted molar refractivity (Wildman–Crippen MR) is 96.1 cm³/mol. The van der Waals surface area contributed by atoms with Crippen molar-refractivity contribution in [2.75, 3.05) is 26.8 Å². The van der Waals surface area contributed by atoms with Crippen molar-refractivity contribution >= 4 is 5.96 Å². The van der Waals surface area contributed by atoms with Gasteiger partial charge in [0.15, 0.2) is 5.96 Å². The molecule has 2 N–H and O–H groups in total. The van der Waals surface area contributed by atoms with Crippen LogP contribution in [0.5, 0.6) is 5.75 Å². The molecule has 5 heteroatoms. The van der Waals surface area contributed by atoms with Gasteiger partial charge in [0, 0.05) is 25.2 Å². The normalized spacial score (nSPS) is 12.1. The zero-order chi connectivity index (χ0) is 17.1. The number of nitrogens with zero attached hydrogens (tertiary/aromatic N) is 1. The highest BCUT2D eigenvalue weighted by molar-refractivity contribution is 5.80. The number of rotatable bonds is 8. The van der Waals surface area contributed by atoms with Gasteiger partial charge >= 0.3 is 0 Å². The molecule has 0 fully saturated rings. The summed E-state index contributed by atoms with van der Waals surface area (Å²) in [4.78, 5) is 4.56. The molecule has 0 saturated heterocycles. The molecule has 0 spiro atoms. The Balaban J connectivity index is 2.25. The summed E-state index contributed by atoms with van der Waals surface area (Å²) in [7, 11) is 1.67. The number of ether oxygens (including phenoxy) is 2. The van der Waals surface area contributed by atoms with Crippen LogP contribution in [-0.4, -0.2) is 38.3 Å². The van der Waals surface area contributed by atoms with E-state index in [0.717, 1.165) is 36.8 Å². The van der Waals surface area contributed by atoms with Gasteiger partial charge < -0.3 is 20.1 Å². The molecule has 1 aromatic rings. The maximum absolute atomic E-state index is 5.69. The lowest BCUT2D eigenvalue weighted by Gasteiger charge is -2.23. The van der Waals surface area contributed by atoms with Crippen LogP contribution in [-0.2, 0) is 11.3 Å². The van der Waals surface area contributed by atoms with E-state index in [1.807, 2.05) is 24.3 Å². The third kappa shape index (κ3) is 9.08. The quantitative estimate of drug-likeness (QED) is 0.439. The van der Waals surface area contributed by atoms with Gasteiger partial charge in [-0.05, 0) is 51.8 Å². The van der Waals surface area contributed by atoms with Gasteiger partial charge in [-0.3, -0.25) is 4.99 Å². The zero-order valence-electron chi connectivity index (χ0n) is 15.1. The van der Waals surface area contributed by atoms with Crippen LogP contribution in [0.25, 0.3) is 0 Å². The average molecular weight is 321 g/mol. The molecule has 1 rings (SSSR count). The van der Waals surface area contributed by atoms with Crippen LogP contribution in [0.3, 0.4) is 0 Å². The lowest BCUT2D eigenvalue weighted by atomic mass is 10.1. The maximum atomic E-state index is 5.69. The molecule has 0 aliphatic rings. The Morgan fingerprint density at radius 3 is 2.43 bits per heavy atom. The van der Waals surface area contributed by atoms with Crippen LogP contribution in [0, 0.1) is 0 Å². The smallest absolute Gasteiger partial charge is 0.191 e. The topological polar surface area (TPSA) is 54.9 Å². The Hall–Kier alpha value is -1.75. The first kappa shape index (κ1) is 19.3. The third-order valence-electron chi connectivity index (χ3n) is 2.98. The molecule has 0 aliphatic heterocycles. The molecule has 0 radical (unpaired) electrons. The number of nitrogens with one attached hydrogen (secondary N) is 2. The Kier molecular flexibility index (Phi) is 8.48. The van der Waals surface area contributed by atoms with Crippen molar-refractivity contribution in [1.29, 1.82) is 0 Å². The summed E-state index contributed by atoms with van der Waals surface area (Å²) in [5.41, 5.74) is 1.16. The first-order valence-electron chi connectivity index (χ1n) is 8.22. The van der Waals surface area contributed by atoms with Crippen LogP contribution < -0.4 is 15.4 Å². The number of guanidine groups is 1. The summed E-state index contributed by atoms with van der Waals surface area (Å²) in [6, 6.07) is 7.94. The highest BCUT2D eigenvalue weighted by Crippen LogP contribution is 2.11. The number of benzene rings is 1. The van der Waals surface area contributed by atoms with Gasteiger partial charge in [0.05, 0.1) is 13.7 Å². The number of hydrogen-bond acceptors (Lipinski definition) is 3. The monoisotopic (exact) mass is 321 g/mol. The summed E-state index contributed by atoms with van der Waals surface area (Å²) >= 11 is 0.